The number of rotatable bonds is 6. The van der Waals surface area contributed by atoms with E-state index < -0.39 is 5.82 Å². The lowest BCUT2D eigenvalue weighted by Crippen LogP contribution is -2.26. The maximum Gasteiger partial charge on any atom is 0.328 e. The molecule has 0 bridgehead atoms. The van der Waals surface area contributed by atoms with Gasteiger partial charge >= 0.3 is 5.69 Å². The average Bonchev–Trinajstić information content (AvgIpc) is 2.80. The number of aromatic nitrogens is 2. The number of aryl methyl sites for hydroxylation is 1. The van der Waals surface area contributed by atoms with Gasteiger partial charge in [-0.05, 0) is 24.6 Å². The molecule has 0 amide bonds. The summed E-state index contributed by atoms with van der Waals surface area (Å²) in [6, 6.07) is 4.00. The van der Waals surface area contributed by atoms with E-state index in [-0.39, 0.29) is 29.3 Å². The molecule has 2 aromatic rings. The van der Waals surface area contributed by atoms with Crippen LogP contribution in [0.5, 0.6) is 5.75 Å². The Morgan fingerprint density at radius 3 is 2.62 bits per heavy atom. The molecule has 0 spiro atoms. The lowest BCUT2D eigenvalue weighted by molar-refractivity contribution is 0.0970. The Kier molecular flexibility index (Phi) is 4.57. The Morgan fingerprint density at radius 2 is 2.00 bits per heavy atom. The first-order chi connectivity index (χ1) is 10.1. The van der Waals surface area contributed by atoms with E-state index in [2.05, 4.69) is 0 Å². The number of Topliss-reactive ketones (excluding diaryl/α,β-unsaturated/α-hetero) is 1. The minimum atomic E-state index is -0.598. The smallest absolute Gasteiger partial charge is 0.328 e. The molecule has 6 heteroatoms. The van der Waals surface area contributed by atoms with Crippen LogP contribution in [0.25, 0.3) is 0 Å². The van der Waals surface area contributed by atoms with Crippen LogP contribution in [0.1, 0.15) is 23.7 Å². The predicted molar refractivity (Wildman–Crippen MR) is 76.3 cm³/mol. The van der Waals surface area contributed by atoms with Gasteiger partial charge in [0.1, 0.15) is 0 Å². The van der Waals surface area contributed by atoms with Crippen molar-refractivity contribution in [1.82, 2.24) is 9.13 Å². The van der Waals surface area contributed by atoms with Crippen LogP contribution in [0, 0.1) is 5.82 Å². The fourth-order valence-corrected chi connectivity index (χ4v) is 2.07. The van der Waals surface area contributed by atoms with E-state index in [0.717, 1.165) is 12.5 Å². The van der Waals surface area contributed by atoms with Gasteiger partial charge in [-0.1, -0.05) is 6.92 Å². The van der Waals surface area contributed by atoms with Gasteiger partial charge in [-0.25, -0.2) is 9.18 Å². The second-order valence-corrected chi connectivity index (χ2v) is 4.67. The van der Waals surface area contributed by atoms with Crippen molar-refractivity contribution in [2.24, 2.45) is 0 Å². The van der Waals surface area contributed by atoms with Gasteiger partial charge in [0.05, 0.1) is 13.7 Å². The maximum atomic E-state index is 13.6. The van der Waals surface area contributed by atoms with Crippen molar-refractivity contribution in [3.63, 3.8) is 0 Å². The molecule has 0 atom stereocenters. The maximum absolute atomic E-state index is 13.6. The number of ether oxygens (including phenoxy) is 1. The molecule has 112 valence electrons. The molecule has 1 aromatic heterocycles. The van der Waals surface area contributed by atoms with Crippen LogP contribution in [-0.2, 0) is 13.1 Å². The third kappa shape index (κ3) is 3.21. The normalized spacial score (nSPS) is 10.6. The largest absolute Gasteiger partial charge is 0.494 e. The van der Waals surface area contributed by atoms with Gasteiger partial charge in [0.25, 0.3) is 0 Å². The van der Waals surface area contributed by atoms with Crippen LogP contribution in [-0.4, -0.2) is 22.0 Å². The van der Waals surface area contributed by atoms with Crippen LogP contribution >= 0.6 is 0 Å². The van der Waals surface area contributed by atoms with Crippen molar-refractivity contribution >= 4 is 5.78 Å². The summed E-state index contributed by atoms with van der Waals surface area (Å²) in [5, 5.41) is 0. The van der Waals surface area contributed by atoms with Crippen LogP contribution in [0.4, 0.5) is 4.39 Å². The molecule has 0 fully saturated rings. The molecule has 1 aromatic carbocycles. The summed E-state index contributed by atoms with van der Waals surface area (Å²) < 4.78 is 21.2. The zero-order valence-electron chi connectivity index (χ0n) is 12.0. The predicted octanol–water partition coefficient (Wildman–Crippen LogP) is 2.09. The van der Waals surface area contributed by atoms with Crippen LogP contribution < -0.4 is 10.4 Å². The number of hydrogen-bond donors (Lipinski definition) is 0. The number of imidazole rings is 1. The molecule has 0 aliphatic rings. The zero-order chi connectivity index (χ0) is 15.4. The highest BCUT2D eigenvalue weighted by Gasteiger charge is 2.12. The van der Waals surface area contributed by atoms with Crippen molar-refractivity contribution < 1.29 is 13.9 Å². The quantitative estimate of drug-likeness (QED) is 0.766. The van der Waals surface area contributed by atoms with Gasteiger partial charge in [-0.2, -0.15) is 0 Å². The molecule has 1 heterocycles. The Balaban J connectivity index is 2.18. The van der Waals surface area contributed by atoms with Crippen molar-refractivity contribution in [3.8, 4) is 5.75 Å². The van der Waals surface area contributed by atoms with Gasteiger partial charge in [0, 0.05) is 24.5 Å². The highest BCUT2D eigenvalue weighted by molar-refractivity contribution is 5.96. The minimum Gasteiger partial charge on any atom is -0.494 e. The molecule has 0 N–H and O–H groups in total. The van der Waals surface area contributed by atoms with E-state index in [4.69, 9.17) is 4.74 Å². The standard InChI is InChI=1S/C15H17FN2O3/c1-3-6-17-7-8-18(15(17)20)10-13(19)11-4-5-14(21-2)12(16)9-11/h4-5,7-9H,3,6,10H2,1-2H3. The van der Waals surface area contributed by atoms with Crippen molar-refractivity contribution in [1.29, 1.82) is 0 Å². The molecular weight excluding hydrogens is 275 g/mol. The molecule has 0 unspecified atom stereocenters. The first kappa shape index (κ1) is 15.0. The number of nitrogens with zero attached hydrogens (tertiary/aromatic N) is 2. The minimum absolute atomic E-state index is 0.0813. The van der Waals surface area contributed by atoms with Crippen LogP contribution in [0.3, 0.4) is 0 Å². The highest BCUT2D eigenvalue weighted by Crippen LogP contribution is 2.18. The highest BCUT2D eigenvalue weighted by atomic mass is 19.1. The molecule has 2 rings (SSSR count). The first-order valence-electron chi connectivity index (χ1n) is 6.69. The molecule has 0 saturated carbocycles. The number of carbonyl (C=O) groups is 1. The molecule has 0 saturated heterocycles. The van der Waals surface area contributed by atoms with Gasteiger partial charge in [-0.3, -0.25) is 13.9 Å². The molecule has 0 aliphatic carbocycles. The van der Waals surface area contributed by atoms with Crippen molar-refractivity contribution in [2.75, 3.05) is 7.11 Å². The number of hydrogen-bond acceptors (Lipinski definition) is 3. The van der Waals surface area contributed by atoms with E-state index in [1.807, 2.05) is 6.92 Å². The second-order valence-electron chi connectivity index (χ2n) is 4.67. The van der Waals surface area contributed by atoms with Crippen LogP contribution in [0.2, 0.25) is 0 Å². The Labute approximate surface area is 121 Å². The fourth-order valence-electron chi connectivity index (χ4n) is 2.07. The topological polar surface area (TPSA) is 53.2 Å². The lowest BCUT2D eigenvalue weighted by Gasteiger charge is -2.05. The monoisotopic (exact) mass is 292 g/mol. The summed E-state index contributed by atoms with van der Waals surface area (Å²) in [7, 11) is 1.36. The number of methoxy groups -OCH3 is 1. The summed E-state index contributed by atoms with van der Waals surface area (Å²) in [6.07, 6.45) is 4.05. The zero-order valence-corrected chi connectivity index (χ0v) is 12.0. The third-order valence-corrected chi connectivity index (χ3v) is 3.17. The second kappa shape index (κ2) is 6.39. The van der Waals surface area contributed by atoms with Gasteiger partial charge in [0.2, 0.25) is 0 Å². The average molecular weight is 292 g/mol. The van der Waals surface area contributed by atoms with Crippen molar-refractivity contribution in [2.45, 2.75) is 26.4 Å². The SMILES string of the molecule is CCCn1ccn(CC(=O)c2ccc(OC)c(F)c2)c1=O. The Morgan fingerprint density at radius 1 is 1.29 bits per heavy atom. The van der Waals surface area contributed by atoms with Crippen LogP contribution in [0.15, 0.2) is 35.4 Å². The Bertz CT molecular complexity index is 703. The summed E-state index contributed by atoms with van der Waals surface area (Å²) in [5.41, 5.74) is -0.0253. The number of ketones is 1. The van der Waals surface area contributed by atoms with Gasteiger partial charge in [0.15, 0.2) is 17.3 Å². The molecule has 0 radical (unpaired) electrons. The molecule has 5 nitrogen and oxygen atoms in total. The van der Waals surface area contributed by atoms with E-state index in [1.165, 1.54) is 23.8 Å². The lowest BCUT2D eigenvalue weighted by atomic mass is 10.1. The summed E-state index contributed by atoms with van der Waals surface area (Å²) >= 11 is 0. The third-order valence-electron chi connectivity index (χ3n) is 3.17. The van der Waals surface area contributed by atoms with E-state index in [0.29, 0.717) is 6.54 Å². The number of carbonyl (C=O) groups excluding carboxylic acids is 1. The van der Waals surface area contributed by atoms with Gasteiger partial charge < -0.3 is 4.74 Å². The first-order valence-corrected chi connectivity index (χ1v) is 6.69. The van der Waals surface area contributed by atoms with Crippen molar-refractivity contribution in [3.05, 3.63) is 52.5 Å². The fraction of sp³-hybridized carbons (Fsp3) is 0.333. The van der Waals surface area contributed by atoms with Gasteiger partial charge in [-0.15, -0.1) is 0 Å². The number of halogens is 1. The molecule has 0 aliphatic heterocycles. The van der Waals surface area contributed by atoms with E-state index >= 15 is 0 Å². The number of benzene rings is 1. The summed E-state index contributed by atoms with van der Waals surface area (Å²) in [6.45, 7) is 2.47. The van der Waals surface area contributed by atoms with E-state index in [9.17, 15) is 14.0 Å². The molecular formula is C15H17FN2O3. The Hall–Kier alpha value is -2.37. The van der Waals surface area contributed by atoms with E-state index in [1.54, 1.807) is 17.0 Å². The summed E-state index contributed by atoms with van der Waals surface area (Å²) in [4.78, 5) is 24.1. The molecule has 21 heavy (non-hydrogen) atoms. The summed E-state index contributed by atoms with van der Waals surface area (Å²) in [5.74, 6) is -0.843.